The van der Waals surface area contributed by atoms with Gasteiger partial charge in [-0.3, -0.25) is 14.5 Å². The van der Waals surface area contributed by atoms with Crippen molar-refractivity contribution in [3.63, 3.8) is 0 Å². The van der Waals surface area contributed by atoms with Crippen LogP contribution in [-0.2, 0) is 0 Å². The molecule has 7 nitrogen and oxygen atoms in total. The summed E-state index contributed by atoms with van der Waals surface area (Å²) in [5.74, 6) is -0.187. The highest BCUT2D eigenvalue weighted by Crippen LogP contribution is 2.15. The second-order valence-electron chi connectivity index (χ2n) is 7.78. The Bertz CT molecular complexity index is 995. The Kier molecular flexibility index (Phi) is 7.19. The van der Waals surface area contributed by atoms with Gasteiger partial charge in [0, 0.05) is 49.7 Å². The van der Waals surface area contributed by atoms with E-state index in [0.717, 1.165) is 39.1 Å². The normalized spacial score (nSPS) is 14.2. The van der Waals surface area contributed by atoms with Crippen molar-refractivity contribution in [3.8, 4) is 0 Å². The van der Waals surface area contributed by atoms with E-state index in [4.69, 9.17) is 4.42 Å². The van der Waals surface area contributed by atoms with E-state index in [9.17, 15) is 9.59 Å². The third-order valence-electron chi connectivity index (χ3n) is 5.58. The Morgan fingerprint density at radius 1 is 0.844 bits per heavy atom. The summed E-state index contributed by atoms with van der Waals surface area (Å²) in [7, 11) is 0. The molecule has 32 heavy (non-hydrogen) atoms. The van der Waals surface area contributed by atoms with Crippen LogP contribution in [0.15, 0.2) is 77.4 Å². The van der Waals surface area contributed by atoms with Crippen molar-refractivity contribution in [1.82, 2.24) is 10.2 Å². The smallest absolute Gasteiger partial charge is 0.291 e. The summed E-state index contributed by atoms with van der Waals surface area (Å²) in [6.45, 7) is 5.73. The average Bonchev–Trinajstić information content (AvgIpc) is 3.38. The van der Waals surface area contributed by atoms with Gasteiger partial charge in [0.2, 0.25) is 0 Å². The molecule has 0 aliphatic carbocycles. The molecule has 2 N–H and O–H groups in total. The molecule has 2 aromatic carbocycles. The fourth-order valence-electron chi connectivity index (χ4n) is 3.78. The summed E-state index contributed by atoms with van der Waals surface area (Å²) >= 11 is 0. The van der Waals surface area contributed by atoms with Crippen LogP contribution >= 0.6 is 0 Å². The molecule has 1 aliphatic heterocycles. The first-order valence-corrected chi connectivity index (χ1v) is 10.9. The number of rotatable bonds is 8. The lowest BCUT2D eigenvalue weighted by atomic mass is 10.2. The molecular weight excluding hydrogens is 404 g/mol. The summed E-state index contributed by atoms with van der Waals surface area (Å²) in [5, 5.41) is 5.72. The van der Waals surface area contributed by atoms with Gasteiger partial charge in [-0.15, -0.1) is 0 Å². The Morgan fingerprint density at radius 3 is 2.28 bits per heavy atom. The van der Waals surface area contributed by atoms with Crippen LogP contribution in [0, 0.1) is 0 Å². The van der Waals surface area contributed by atoms with Crippen molar-refractivity contribution in [2.75, 3.05) is 49.5 Å². The zero-order valence-corrected chi connectivity index (χ0v) is 18.0. The van der Waals surface area contributed by atoms with Crippen LogP contribution in [0.5, 0.6) is 0 Å². The van der Waals surface area contributed by atoms with Gasteiger partial charge in [-0.2, -0.15) is 0 Å². The number of nitrogens with zero attached hydrogens (tertiary/aromatic N) is 2. The number of hydrogen-bond acceptors (Lipinski definition) is 5. The van der Waals surface area contributed by atoms with E-state index in [1.807, 2.05) is 6.07 Å². The number of anilines is 2. The van der Waals surface area contributed by atoms with Crippen molar-refractivity contribution in [3.05, 3.63) is 84.3 Å². The first kappa shape index (κ1) is 21.6. The highest BCUT2D eigenvalue weighted by molar-refractivity contribution is 6.02. The summed E-state index contributed by atoms with van der Waals surface area (Å²) in [4.78, 5) is 29.2. The maximum Gasteiger partial charge on any atom is 0.291 e. The summed E-state index contributed by atoms with van der Waals surface area (Å²) in [5.41, 5.74) is 2.46. The molecule has 0 unspecified atom stereocenters. The molecule has 0 bridgehead atoms. The SMILES string of the molecule is O=C(NCCCN1CCN(c2ccccc2)CC1)c1ccc(NC(=O)c2ccco2)cc1. The molecule has 0 saturated carbocycles. The molecule has 4 rings (SSSR count). The van der Waals surface area contributed by atoms with E-state index in [1.165, 1.54) is 12.0 Å². The number of benzene rings is 2. The van der Waals surface area contributed by atoms with Crippen LogP contribution < -0.4 is 15.5 Å². The molecule has 0 atom stereocenters. The first-order valence-electron chi connectivity index (χ1n) is 10.9. The van der Waals surface area contributed by atoms with Crippen molar-refractivity contribution >= 4 is 23.2 Å². The molecule has 7 heteroatoms. The highest BCUT2D eigenvalue weighted by Gasteiger charge is 2.16. The number of nitrogens with one attached hydrogen (secondary N) is 2. The molecule has 0 spiro atoms. The maximum atomic E-state index is 12.4. The topological polar surface area (TPSA) is 77.8 Å². The third-order valence-corrected chi connectivity index (χ3v) is 5.58. The van der Waals surface area contributed by atoms with Gasteiger partial charge in [-0.25, -0.2) is 0 Å². The number of hydrogen-bond donors (Lipinski definition) is 2. The number of amides is 2. The van der Waals surface area contributed by atoms with E-state index in [-0.39, 0.29) is 17.6 Å². The van der Waals surface area contributed by atoms with Crippen LogP contribution in [0.1, 0.15) is 27.3 Å². The van der Waals surface area contributed by atoms with Crippen molar-refractivity contribution in [2.24, 2.45) is 0 Å². The number of furan rings is 1. The van der Waals surface area contributed by atoms with Crippen LogP contribution in [0.2, 0.25) is 0 Å². The van der Waals surface area contributed by atoms with E-state index in [1.54, 1.807) is 36.4 Å². The molecule has 1 aliphatic rings. The Morgan fingerprint density at radius 2 is 1.59 bits per heavy atom. The van der Waals surface area contributed by atoms with Gasteiger partial charge in [-0.1, -0.05) is 18.2 Å². The van der Waals surface area contributed by atoms with E-state index < -0.39 is 0 Å². The zero-order valence-electron chi connectivity index (χ0n) is 18.0. The lowest BCUT2D eigenvalue weighted by molar-refractivity contribution is 0.0950. The van der Waals surface area contributed by atoms with Gasteiger partial charge in [0.25, 0.3) is 11.8 Å². The molecule has 2 amide bonds. The Hall–Kier alpha value is -3.58. The largest absolute Gasteiger partial charge is 0.459 e. The third kappa shape index (κ3) is 5.76. The number of piperazine rings is 1. The lowest BCUT2D eigenvalue weighted by Crippen LogP contribution is -2.47. The van der Waals surface area contributed by atoms with Crippen molar-refractivity contribution < 1.29 is 14.0 Å². The van der Waals surface area contributed by atoms with E-state index >= 15 is 0 Å². The predicted molar refractivity (Wildman–Crippen MR) is 125 cm³/mol. The molecule has 0 radical (unpaired) electrons. The van der Waals surface area contributed by atoms with E-state index in [2.05, 4.69) is 44.7 Å². The summed E-state index contributed by atoms with van der Waals surface area (Å²) < 4.78 is 5.07. The summed E-state index contributed by atoms with van der Waals surface area (Å²) in [6, 6.07) is 20.6. The standard InChI is InChI=1S/C25H28N4O3/c30-24(20-9-11-21(12-10-20)27-25(31)23-8-4-19-32-23)26-13-5-14-28-15-17-29(18-16-28)22-6-2-1-3-7-22/h1-4,6-12,19H,5,13-18H2,(H,26,30)(H,27,31). The fraction of sp³-hybridized carbons (Fsp3) is 0.280. The molecular formula is C25H28N4O3. The van der Waals surface area contributed by atoms with Gasteiger partial charge in [0.1, 0.15) is 0 Å². The van der Waals surface area contributed by atoms with Crippen molar-refractivity contribution in [1.29, 1.82) is 0 Å². The number of carbonyl (C=O) groups excluding carboxylic acids is 2. The molecule has 2 heterocycles. The van der Waals surface area contributed by atoms with Gasteiger partial charge in [0.05, 0.1) is 6.26 Å². The monoisotopic (exact) mass is 432 g/mol. The molecule has 166 valence electrons. The van der Waals surface area contributed by atoms with Crippen LogP contribution in [0.4, 0.5) is 11.4 Å². The summed E-state index contributed by atoms with van der Waals surface area (Å²) in [6.07, 6.45) is 2.36. The predicted octanol–water partition coefficient (Wildman–Crippen LogP) is 3.47. The van der Waals surface area contributed by atoms with Crippen LogP contribution in [0.25, 0.3) is 0 Å². The maximum absolute atomic E-state index is 12.4. The highest BCUT2D eigenvalue weighted by atomic mass is 16.3. The minimum atomic E-state index is -0.322. The first-order chi connectivity index (χ1) is 15.7. The van der Waals surface area contributed by atoms with Gasteiger partial charge >= 0.3 is 0 Å². The van der Waals surface area contributed by atoms with Crippen LogP contribution in [-0.4, -0.2) is 56.0 Å². The minimum absolute atomic E-state index is 0.109. The lowest BCUT2D eigenvalue weighted by Gasteiger charge is -2.36. The number of para-hydroxylation sites is 1. The van der Waals surface area contributed by atoms with Crippen LogP contribution in [0.3, 0.4) is 0 Å². The molecule has 3 aromatic rings. The second-order valence-corrected chi connectivity index (χ2v) is 7.78. The Labute approximate surface area is 188 Å². The van der Waals surface area contributed by atoms with Gasteiger partial charge in [0.15, 0.2) is 5.76 Å². The second kappa shape index (κ2) is 10.6. The molecule has 1 fully saturated rings. The number of carbonyl (C=O) groups is 2. The van der Waals surface area contributed by atoms with Gasteiger partial charge in [-0.05, 0) is 61.5 Å². The van der Waals surface area contributed by atoms with Crippen molar-refractivity contribution in [2.45, 2.75) is 6.42 Å². The minimum Gasteiger partial charge on any atom is -0.459 e. The molecule has 1 aromatic heterocycles. The fourth-order valence-corrected chi connectivity index (χ4v) is 3.78. The zero-order chi connectivity index (χ0) is 22.2. The average molecular weight is 433 g/mol. The molecule has 1 saturated heterocycles. The van der Waals surface area contributed by atoms with Gasteiger partial charge < -0.3 is 20.0 Å². The quantitative estimate of drug-likeness (QED) is 0.533. The Balaban J connectivity index is 1.14. The van der Waals surface area contributed by atoms with E-state index in [0.29, 0.717) is 17.8 Å².